The normalized spacial score (nSPS) is 20.2. The molecular formula is C24H27F6N6O3Si. The quantitative estimate of drug-likeness (QED) is 0.264. The fourth-order valence-corrected chi connectivity index (χ4v) is 5.22. The molecule has 40 heavy (non-hydrogen) atoms. The Morgan fingerprint density at radius 1 is 1.00 bits per heavy atom. The Morgan fingerprint density at radius 2 is 1.68 bits per heavy atom. The first-order valence-electron chi connectivity index (χ1n) is 12.5. The summed E-state index contributed by atoms with van der Waals surface area (Å²) in [6.07, 6.45) is -4.92. The van der Waals surface area contributed by atoms with E-state index in [1.165, 1.54) is 6.20 Å². The summed E-state index contributed by atoms with van der Waals surface area (Å²) < 4.78 is 89.1. The molecule has 2 fully saturated rings. The lowest BCUT2D eigenvalue weighted by Crippen LogP contribution is -2.50. The highest BCUT2D eigenvalue weighted by Crippen LogP contribution is 2.40. The molecule has 9 nitrogen and oxygen atoms in total. The summed E-state index contributed by atoms with van der Waals surface area (Å²) in [5.74, 6) is -0.479. The number of hydrogen-bond donors (Lipinski definition) is 0. The number of nitrogens with zero attached hydrogens (tertiary/aromatic N) is 6. The van der Waals surface area contributed by atoms with Crippen LogP contribution in [0.4, 0.5) is 38.0 Å². The fraction of sp³-hybridized carbons (Fsp3) is 0.583. The van der Waals surface area contributed by atoms with E-state index in [2.05, 4.69) is 25.2 Å². The van der Waals surface area contributed by atoms with Gasteiger partial charge < -0.3 is 24.2 Å². The number of alkyl halides is 6. The third-order valence-electron chi connectivity index (χ3n) is 6.82. The van der Waals surface area contributed by atoms with Gasteiger partial charge in [0, 0.05) is 50.3 Å². The number of pyridine rings is 1. The fourth-order valence-electron chi connectivity index (χ4n) is 4.70. The van der Waals surface area contributed by atoms with Crippen LogP contribution in [0.2, 0.25) is 0 Å². The number of anilines is 2. The first-order valence-corrected chi connectivity index (χ1v) is 13.0. The standard InChI is InChI=1S/C24H27F6N6O3Si/c1-38-20-18(24(28,29)30)11-17(14-31-20)36-5-2-4-22(36,40)15-39-10-3-19(37)34-6-8-35(9-7-34)21-32-12-16(13-33-21)23(25,26)27/h11-14H,2-10,15H2,1H3/t22-/m1/s1. The second kappa shape index (κ2) is 11.8. The Morgan fingerprint density at radius 3 is 2.27 bits per heavy atom. The minimum Gasteiger partial charge on any atom is -0.481 e. The van der Waals surface area contributed by atoms with Crippen LogP contribution in [0.3, 0.4) is 0 Å². The molecule has 0 aromatic carbocycles. The van der Waals surface area contributed by atoms with Crippen LogP contribution in [0.15, 0.2) is 24.7 Å². The lowest BCUT2D eigenvalue weighted by Gasteiger charge is -2.37. The van der Waals surface area contributed by atoms with Gasteiger partial charge in [-0.2, -0.15) is 26.3 Å². The summed E-state index contributed by atoms with van der Waals surface area (Å²) in [4.78, 5) is 29.2. The molecule has 1 atom stereocenters. The van der Waals surface area contributed by atoms with E-state index in [0.717, 1.165) is 25.6 Å². The second-order valence-electron chi connectivity index (χ2n) is 9.47. The third kappa shape index (κ3) is 6.76. The molecular weight excluding hydrogens is 562 g/mol. The Kier molecular flexibility index (Phi) is 8.77. The van der Waals surface area contributed by atoms with E-state index in [4.69, 9.17) is 9.47 Å². The van der Waals surface area contributed by atoms with Crippen molar-refractivity contribution in [1.29, 1.82) is 0 Å². The summed E-state index contributed by atoms with van der Waals surface area (Å²) in [5, 5.41) is -0.768. The highest BCUT2D eigenvalue weighted by atomic mass is 28.1. The summed E-state index contributed by atoms with van der Waals surface area (Å²) in [5.41, 5.74) is -1.62. The third-order valence-corrected chi connectivity index (χ3v) is 7.48. The lowest BCUT2D eigenvalue weighted by atomic mass is 10.2. The molecule has 2 aliphatic heterocycles. The van der Waals surface area contributed by atoms with Crippen molar-refractivity contribution in [3.63, 3.8) is 0 Å². The highest BCUT2D eigenvalue weighted by molar-refractivity contribution is 6.17. The van der Waals surface area contributed by atoms with Crippen LogP contribution in [0.5, 0.6) is 5.88 Å². The number of carbonyl (C=O) groups is 1. The molecule has 0 spiro atoms. The van der Waals surface area contributed by atoms with E-state index in [1.807, 2.05) is 0 Å². The van der Waals surface area contributed by atoms with Crippen LogP contribution in [0.1, 0.15) is 30.4 Å². The molecule has 2 saturated heterocycles. The van der Waals surface area contributed by atoms with Gasteiger partial charge >= 0.3 is 12.4 Å². The number of piperazine rings is 1. The van der Waals surface area contributed by atoms with Crippen molar-refractivity contribution in [3.05, 3.63) is 35.8 Å². The molecule has 3 radical (unpaired) electrons. The first kappa shape index (κ1) is 29.8. The smallest absolute Gasteiger partial charge is 0.421 e. The topological polar surface area (TPSA) is 83.9 Å². The second-order valence-corrected chi connectivity index (χ2v) is 10.4. The molecule has 2 aromatic rings. The van der Waals surface area contributed by atoms with Crippen LogP contribution >= 0.6 is 0 Å². The molecule has 0 saturated carbocycles. The van der Waals surface area contributed by atoms with Gasteiger partial charge in [-0.05, 0) is 18.9 Å². The summed E-state index contributed by atoms with van der Waals surface area (Å²) >= 11 is 0. The maximum absolute atomic E-state index is 13.5. The predicted octanol–water partition coefficient (Wildman–Crippen LogP) is 3.14. The highest BCUT2D eigenvalue weighted by Gasteiger charge is 2.40. The molecule has 1 amide bonds. The summed E-state index contributed by atoms with van der Waals surface area (Å²) in [7, 11) is 4.83. The Hall–Kier alpha value is -3.14. The minimum atomic E-state index is -4.63. The van der Waals surface area contributed by atoms with Gasteiger partial charge in [0.15, 0.2) is 0 Å². The van der Waals surface area contributed by atoms with Crippen LogP contribution in [0, 0.1) is 0 Å². The molecule has 16 heteroatoms. The van der Waals surface area contributed by atoms with Crippen molar-refractivity contribution in [2.75, 3.05) is 62.8 Å². The van der Waals surface area contributed by atoms with E-state index in [-0.39, 0.29) is 37.2 Å². The molecule has 0 N–H and O–H groups in total. The minimum absolute atomic E-state index is 0.0986. The van der Waals surface area contributed by atoms with E-state index in [9.17, 15) is 31.1 Å². The van der Waals surface area contributed by atoms with Crippen LogP contribution in [-0.4, -0.2) is 94.2 Å². The van der Waals surface area contributed by atoms with Gasteiger partial charge in [-0.15, -0.1) is 0 Å². The Balaban J connectivity index is 1.25. The average Bonchev–Trinajstić information content (AvgIpc) is 3.31. The van der Waals surface area contributed by atoms with Gasteiger partial charge in [-0.3, -0.25) is 4.79 Å². The molecule has 2 aliphatic rings. The molecule has 217 valence electrons. The van der Waals surface area contributed by atoms with Crippen molar-refractivity contribution < 1.29 is 40.6 Å². The van der Waals surface area contributed by atoms with Gasteiger partial charge in [0.1, 0.15) is 5.56 Å². The molecule has 4 rings (SSSR count). The van der Waals surface area contributed by atoms with E-state index in [0.29, 0.717) is 45.6 Å². The van der Waals surface area contributed by atoms with Gasteiger partial charge in [-0.1, -0.05) is 0 Å². The number of rotatable bonds is 8. The van der Waals surface area contributed by atoms with Gasteiger partial charge in [0.2, 0.25) is 17.7 Å². The van der Waals surface area contributed by atoms with E-state index >= 15 is 0 Å². The summed E-state index contributed by atoms with van der Waals surface area (Å²) in [6, 6.07) is 1.00. The monoisotopic (exact) mass is 589 g/mol. The number of hydrogen-bond acceptors (Lipinski definition) is 8. The van der Waals surface area contributed by atoms with Crippen molar-refractivity contribution in [3.8, 4) is 5.88 Å². The van der Waals surface area contributed by atoms with Gasteiger partial charge in [0.05, 0.1) is 54.4 Å². The van der Waals surface area contributed by atoms with E-state index < -0.39 is 34.5 Å². The predicted molar refractivity (Wildman–Crippen MR) is 132 cm³/mol. The van der Waals surface area contributed by atoms with Crippen molar-refractivity contribution in [1.82, 2.24) is 19.9 Å². The van der Waals surface area contributed by atoms with Crippen molar-refractivity contribution in [2.45, 2.75) is 36.8 Å². The van der Waals surface area contributed by atoms with Crippen molar-refractivity contribution in [2.24, 2.45) is 0 Å². The average molecular weight is 590 g/mol. The molecule has 0 bridgehead atoms. The summed E-state index contributed by atoms with van der Waals surface area (Å²) in [6.45, 7) is 2.17. The number of amides is 1. The zero-order valence-electron chi connectivity index (χ0n) is 21.6. The zero-order chi connectivity index (χ0) is 29.1. The first-order chi connectivity index (χ1) is 18.8. The number of aromatic nitrogens is 3. The SMILES string of the molecule is COc1ncc(N2CCC[C@@]2([Si])COCCC(=O)N2CCN(c3ncc(C(F)(F)F)cn3)CC2)cc1C(F)(F)F. The number of ether oxygens (including phenoxy) is 2. The largest absolute Gasteiger partial charge is 0.481 e. The molecule has 0 aliphatic carbocycles. The molecule has 4 heterocycles. The van der Waals surface area contributed by atoms with Gasteiger partial charge in [0.25, 0.3) is 0 Å². The number of methoxy groups -OCH3 is 1. The van der Waals surface area contributed by atoms with Crippen molar-refractivity contribution >= 4 is 27.8 Å². The maximum atomic E-state index is 13.5. The Bertz CT molecular complexity index is 1180. The number of carbonyl (C=O) groups excluding carboxylic acids is 1. The molecule has 2 aromatic heterocycles. The maximum Gasteiger partial charge on any atom is 0.421 e. The van der Waals surface area contributed by atoms with Crippen LogP contribution < -0.4 is 14.5 Å². The zero-order valence-corrected chi connectivity index (χ0v) is 22.6. The van der Waals surface area contributed by atoms with E-state index in [1.54, 1.807) is 14.7 Å². The van der Waals surface area contributed by atoms with Crippen LogP contribution in [0.25, 0.3) is 0 Å². The Labute approximate surface area is 229 Å². The van der Waals surface area contributed by atoms with Gasteiger partial charge in [-0.25, -0.2) is 15.0 Å². The lowest BCUT2D eigenvalue weighted by molar-refractivity contribution is -0.139. The molecule has 0 unspecified atom stereocenters. The number of halogens is 6. The van der Waals surface area contributed by atoms with Crippen LogP contribution in [-0.2, 0) is 21.9 Å².